The Hall–Kier alpha value is -3.20. The molecule has 3 nitrogen and oxygen atoms in total. The van der Waals surface area contributed by atoms with Crippen LogP contribution in [0.25, 0.3) is 0 Å². The van der Waals surface area contributed by atoms with Gasteiger partial charge in [0.2, 0.25) is 5.69 Å². The van der Waals surface area contributed by atoms with Gasteiger partial charge in [0.15, 0.2) is 5.71 Å². The van der Waals surface area contributed by atoms with E-state index in [1.165, 1.54) is 77.1 Å². The van der Waals surface area contributed by atoms with Crippen LogP contribution >= 0.6 is 0 Å². The molecule has 0 saturated carbocycles. The highest BCUT2D eigenvalue weighted by Crippen LogP contribution is 2.48. The van der Waals surface area contributed by atoms with Gasteiger partial charge in [-0.3, -0.25) is 4.79 Å². The molecule has 2 aliphatic heterocycles. The lowest BCUT2D eigenvalue weighted by Crippen LogP contribution is -2.27. The Morgan fingerprint density at radius 2 is 1.38 bits per heavy atom. The van der Waals surface area contributed by atoms with Crippen LogP contribution in [0, 0.1) is 13.8 Å². The fraction of sp³-hybridized carbons (Fsp3) is 0.524. The quantitative estimate of drug-likeness (QED) is 0.108. The fourth-order valence-electron chi connectivity index (χ4n) is 7.33. The summed E-state index contributed by atoms with van der Waals surface area (Å²) in [5.41, 5.74) is 10.6. The Bertz CT molecular complexity index is 1470. The van der Waals surface area contributed by atoms with Gasteiger partial charge in [0, 0.05) is 53.9 Å². The molecular weight excluding hydrogens is 548 g/mol. The van der Waals surface area contributed by atoms with Crippen LogP contribution in [-0.2, 0) is 15.6 Å². The summed E-state index contributed by atoms with van der Waals surface area (Å²) in [7, 11) is 2.18. The van der Waals surface area contributed by atoms with E-state index < -0.39 is 0 Å². The van der Waals surface area contributed by atoms with Crippen molar-refractivity contribution < 1.29 is 9.37 Å². The molecule has 0 unspecified atom stereocenters. The largest absolute Gasteiger partial charge is 0.344 e. The standard InChI is InChI=1S/C42H59N2O/c1-9-10-11-12-13-16-21-34(45)22-17-15-20-29-44-38-28-26-33(3)31-36(38)42(6,7)40(44)24-19-14-18-23-39-41(4,5)35-30-32(2)25-27-37(35)43(39)8/h14,18-19,23-28,30-31H,9-13,15-17,20-22,29H2,1-8H3/q+1. The minimum Gasteiger partial charge on any atom is -0.344 e. The number of carbonyl (C=O) groups excluding carboxylic acids is 1. The van der Waals surface area contributed by atoms with E-state index >= 15 is 0 Å². The third kappa shape index (κ3) is 8.15. The number of hydrogen-bond donors (Lipinski definition) is 0. The van der Waals surface area contributed by atoms with Gasteiger partial charge in [0.25, 0.3) is 0 Å². The maximum atomic E-state index is 12.4. The van der Waals surface area contributed by atoms with E-state index in [1.54, 1.807) is 0 Å². The van der Waals surface area contributed by atoms with Crippen molar-refractivity contribution >= 4 is 22.9 Å². The molecule has 0 fully saturated rings. The van der Waals surface area contributed by atoms with Crippen LogP contribution in [0.1, 0.15) is 128 Å². The molecule has 2 aliphatic rings. The number of aryl methyl sites for hydroxylation is 2. The van der Waals surface area contributed by atoms with E-state index in [-0.39, 0.29) is 10.8 Å². The van der Waals surface area contributed by atoms with Gasteiger partial charge in [-0.25, -0.2) is 0 Å². The highest BCUT2D eigenvalue weighted by atomic mass is 16.1. The molecule has 0 radical (unpaired) electrons. The van der Waals surface area contributed by atoms with Crippen LogP contribution in [0.2, 0.25) is 0 Å². The Balaban J connectivity index is 1.38. The number of ketones is 1. The van der Waals surface area contributed by atoms with Crippen molar-refractivity contribution in [1.82, 2.24) is 0 Å². The molecule has 0 aliphatic carbocycles. The zero-order valence-electron chi connectivity index (χ0n) is 29.6. The van der Waals surface area contributed by atoms with Crippen LogP contribution in [-0.4, -0.2) is 29.7 Å². The molecule has 2 aromatic rings. The lowest BCUT2D eigenvalue weighted by molar-refractivity contribution is -0.401. The van der Waals surface area contributed by atoms with Gasteiger partial charge >= 0.3 is 0 Å². The number of Topliss-reactive ketones (excluding diaryl/α,β-unsaturated/α-hetero) is 1. The maximum Gasteiger partial charge on any atom is 0.209 e. The summed E-state index contributed by atoms with van der Waals surface area (Å²) in [6.45, 7) is 16.9. The van der Waals surface area contributed by atoms with Crippen molar-refractivity contribution in [2.24, 2.45) is 0 Å². The minimum absolute atomic E-state index is 0.0263. The zero-order chi connectivity index (χ0) is 32.6. The highest BCUT2D eigenvalue weighted by molar-refractivity contribution is 6.03. The number of anilines is 1. The molecule has 2 heterocycles. The molecule has 0 aromatic heterocycles. The van der Waals surface area contributed by atoms with Crippen molar-refractivity contribution in [2.75, 3.05) is 18.5 Å². The lowest BCUT2D eigenvalue weighted by atomic mass is 9.81. The Labute approximate surface area is 274 Å². The van der Waals surface area contributed by atoms with Gasteiger partial charge in [-0.1, -0.05) is 107 Å². The van der Waals surface area contributed by atoms with Crippen molar-refractivity contribution in [3.63, 3.8) is 0 Å². The van der Waals surface area contributed by atoms with Crippen molar-refractivity contribution in [2.45, 2.75) is 130 Å². The number of carbonyl (C=O) groups is 1. The van der Waals surface area contributed by atoms with Gasteiger partial charge < -0.3 is 4.90 Å². The van der Waals surface area contributed by atoms with E-state index in [0.29, 0.717) is 5.78 Å². The van der Waals surface area contributed by atoms with Crippen LogP contribution in [0.4, 0.5) is 11.4 Å². The summed E-state index contributed by atoms with van der Waals surface area (Å²) in [6.07, 6.45) is 23.3. The molecule has 4 rings (SSSR count). The van der Waals surface area contributed by atoms with Crippen LogP contribution in [0.3, 0.4) is 0 Å². The minimum atomic E-state index is -0.0651. The van der Waals surface area contributed by atoms with Crippen molar-refractivity contribution in [3.8, 4) is 0 Å². The number of unbranched alkanes of at least 4 members (excludes halogenated alkanes) is 7. The van der Waals surface area contributed by atoms with Gasteiger partial charge in [-0.15, -0.1) is 0 Å². The monoisotopic (exact) mass is 607 g/mol. The third-order valence-electron chi connectivity index (χ3n) is 10.1. The maximum absolute atomic E-state index is 12.4. The lowest BCUT2D eigenvalue weighted by Gasteiger charge is -2.27. The highest BCUT2D eigenvalue weighted by Gasteiger charge is 2.43. The molecule has 242 valence electrons. The third-order valence-corrected chi connectivity index (χ3v) is 10.1. The summed E-state index contributed by atoms with van der Waals surface area (Å²) in [5, 5.41) is 0. The SMILES string of the molecule is CCCCCCCCC(=O)CCCCCN1/C(=C/C=C/C=C/C2=[N+](C)c3ccc(C)cc3C2(C)C)C(C)(C)c2cc(C)ccc21. The van der Waals surface area contributed by atoms with Crippen molar-refractivity contribution in [1.29, 1.82) is 0 Å². The first-order valence-corrected chi connectivity index (χ1v) is 17.7. The molecule has 2 aromatic carbocycles. The fourth-order valence-corrected chi connectivity index (χ4v) is 7.33. The average Bonchev–Trinajstić information content (AvgIpc) is 3.31. The van der Waals surface area contributed by atoms with E-state index in [9.17, 15) is 4.79 Å². The number of fused-ring (bicyclic) bond motifs is 2. The number of hydrogen-bond acceptors (Lipinski definition) is 2. The van der Waals surface area contributed by atoms with Gasteiger partial charge in [0.1, 0.15) is 12.8 Å². The summed E-state index contributed by atoms with van der Waals surface area (Å²) in [6, 6.07) is 13.7. The molecule has 3 heteroatoms. The normalized spacial score (nSPS) is 17.7. The van der Waals surface area contributed by atoms with Gasteiger partial charge in [-0.2, -0.15) is 4.58 Å². The molecule has 0 spiro atoms. The van der Waals surface area contributed by atoms with Crippen molar-refractivity contribution in [3.05, 3.63) is 94.7 Å². The predicted molar refractivity (Wildman–Crippen MR) is 194 cm³/mol. The first kappa shape index (κ1) is 34.7. The van der Waals surface area contributed by atoms with E-state index in [1.807, 2.05) is 0 Å². The summed E-state index contributed by atoms with van der Waals surface area (Å²) < 4.78 is 2.33. The van der Waals surface area contributed by atoms with Crippen LogP contribution in [0.5, 0.6) is 0 Å². The van der Waals surface area contributed by atoms with E-state index in [0.717, 1.165) is 45.1 Å². The average molecular weight is 608 g/mol. The molecule has 45 heavy (non-hydrogen) atoms. The van der Waals surface area contributed by atoms with Crippen LogP contribution in [0.15, 0.2) is 72.5 Å². The van der Waals surface area contributed by atoms with Gasteiger partial charge in [-0.05, 0) is 70.7 Å². The Morgan fingerprint density at radius 3 is 2.09 bits per heavy atom. The summed E-state index contributed by atoms with van der Waals surface area (Å²) in [4.78, 5) is 15.0. The second kappa shape index (κ2) is 15.4. The molecule has 0 atom stereocenters. The Kier molecular flexibility index (Phi) is 11.9. The first-order chi connectivity index (χ1) is 21.5. The topological polar surface area (TPSA) is 23.3 Å². The smallest absolute Gasteiger partial charge is 0.209 e. The number of allylic oxidation sites excluding steroid dienone is 6. The number of benzene rings is 2. The molecule has 0 amide bonds. The number of rotatable bonds is 16. The summed E-state index contributed by atoms with van der Waals surface area (Å²) >= 11 is 0. The number of nitrogens with zero attached hydrogens (tertiary/aromatic N) is 2. The molecule has 0 bridgehead atoms. The molecular formula is C42H59N2O+. The predicted octanol–water partition coefficient (Wildman–Crippen LogP) is 11.0. The second-order valence-corrected chi connectivity index (χ2v) is 14.6. The molecule has 0 saturated heterocycles. The Morgan fingerprint density at radius 1 is 0.756 bits per heavy atom. The first-order valence-electron chi connectivity index (χ1n) is 17.7. The second-order valence-electron chi connectivity index (χ2n) is 14.6. The van der Waals surface area contributed by atoms with Crippen LogP contribution < -0.4 is 4.90 Å². The summed E-state index contributed by atoms with van der Waals surface area (Å²) in [5.74, 6) is 0.455. The van der Waals surface area contributed by atoms with E-state index in [2.05, 4.69) is 132 Å². The van der Waals surface area contributed by atoms with Gasteiger partial charge in [0.05, 0.1) is 5.41 Å². The van der Waals surface area contributed by atoms with E-state index in [4.69, 9.17) is 0 Å². The zero-order valence-corrected chi connectivity index (χ0v) is 29.6. The molecule has 0 N–H and O–H groups in total.